The number of nitrogens with one attached hydrogen (secondary N) is 1. The molecule has 0 saturated heterocycles. The molecular weight excluding hydrogens is 207 g/mol. The van der Waals surface area contributed by atoms with E-state index in [1.807, 2.05) is 20.8 Å². The third kappa shape index (κ3) is 3.03. The Morgan fingerprint density at radius 2 is 2.06 bits per heavy atom. The van der Waals surface area contributed by atoms with Gasteiger partial charge in [-0.3, -0.25) is 4.79 Å². The first-order chi connectivity index (χ1) is 7.41. The molecule has 0 saturated carbocycles. The number of benzene rings is 1. The van der Waals surface area contributed by atoms with Gasteiger partial charge in [0.1, 0.15) is 5.82 Å². The lowest BCUT2D eigenvalue weighted by atomic mass is 10.0. The lowest BCUT2D eigenvalue weighted by Crippen LogP contribution is -2.39. The van der Waals surface area contributed by atoms with Crippen LogP contribution in [-0.2, 0) is 4.79 Å². The van der Waals surface area contributed by atoms with Crippen LogP contribution in [0.15, 0.2) is 18.2 Å². The summed E-state index contributed by atoms with van der Waals surface area (Å²) >= 11 is 0. The molecule has 1 rings (SSSR count). The molecule has 0 aromatic heterocycles. The summed E-state index contributed by atoms with van der Waals surface area (Å²) in [6, 6.07) is 3.93. The number of halogens is 1. The minimum absolute atomic E-state index is 0.0212. The van der Waals surface area contributed by atoms with Gasteiger partial charge in [0.05, 0.1) is 11.7 Å². The maximum atomic E-state index is 13.3. The van der Waals surface area contributed by atoms with Crippen molar-refractivity contribution in [2.75, 3.05) is 5.32 Å². The van der Waals surface area contributed by atoms with E-state index in [4.69, 9.17) is 5.73 Å². The predicted molar refractivity (Wildman–Crippen MR) is 62.6 cm³/mol. The molecule has 88 valence electrons. The van der Waals surface area contributed by atoms with Crippen LogP contribution < -0.4 is 11.1 Å². The second-order valence-corrected chi connectivity index (χ2v) is 4.24. The number of carbonyl (C=O) groups excluding carboxylic acids is 1. The van der Waals surface area contributed by atoms with Crippen molar-refractivity contribution in [2.45, 2.75) is 26.8 Å². The average molecular weight is 224 g/mol. The summed E-state index contributed by atoms with van der Waals surface area (Å²) in [7, 11) is 0. The fraction of sp³-hybridized carbons (Fsp3) is 0.417. The Morgan fingerprint density at radius 1 is 1.44 bits per heavy atom. The van der Waals surface area contributed by atoms with E-state index >= 15 is 0 Å². The first-order valence-electron chi connectivity index (χ1n) is 5.24. The third-order valence-electron chi connectivity index (χ3n) is 2.40. The average Bonchev–Trinajstić information content (AvgIpc) is 2.22. The minimum atomic E-state index is -0.625. The van der Waals surface area contributed by atoms with Crippen molar-refractivity contribution in [3.63, 3.8) is 0 Å². The summed E-state index contributed by atoms with van der Waals surface area (Å²) in [5, 5.41) is 2.49. The summed E-state index contributed by atoms with van der Waals surface area (Å²) in [6.07, 6.45) is 0. The molecule has 4 heteroatoms. The summed E-state index contributed by atoms with van der Waals surface area (Å²) < 4.78 is 13.3. The van der Waals surface area contributed by atoms with E-state index in [0.717, 1.165) is 5.56 Å². The number of hydrogen-bond donors (Lipinski definition) is 2. The van der Waals surface area contributed by atoms with Crippen molar-refractivity contribution in [1.82, 2.24) is 0 Å². The zero-order chi connectivity index (χ0) is 12.3. The van der Waals surface area contributed by atoms with Crippen molar-refractivity contribution in [1.29, 1.82) is 0 Å². The first kappa shape index (κ1) is 12.6. The fourth-order valence-corrected chi connectivity index (χ4v) is 1.25. The van der Waals surface area contributed by atoms with Gasteiger partial charge in [0.15, 0.2) is 0 Å². The molecule has 0 aliphatic rings. The molecule has 0 fully saturated rings. The van der Waals surface area contributed by atoms with Crippen LogP contribution >= 0.6 is 0 Å². The molecule has 0 aliphatic heterocycles. The molecule has 1 aromatic rings. The van der Waals surface area contributed by atoms with Gasteiger partial charge in [-0.2, -0.15) is 0 Å². The van der Waals surface area contributed by atoms with Crippen LogP contribution in [0.1, 0.15) is 19.4 Å². The summed E-state index contributed by atoms with van der Waals surface area (Å²) in [4.78, 5) is 11.6. The molecule has 0 unspecified atom stereocenters. The minimum Gasteiger partial charge on any atom is -0.322 e. The third-order valence-corrected chi connectivity index (χ3v) is 2.40. The van der Waals surface area contributed by atoms with Gasteiger partial charge >= 0.3 is 0 Å². The molecule has 1 amide bonds. The van der Waals surface area contributed by atoms with Gasteiger partial charge in [-0.15, -0.1) is 0 Å². The van der Waals surface area contributed by atoms with E-state index in [2.05, 4.69) is 5.32 Å². The smallest absolute Gasteiger partial charge is 0.241 e. The Bertz CT molecular complexity index is 391. The number of amides is 1. The lowest BCUT2D eigenvalue weighted by molar-refractivity contribution is -0.118. The van der Waals surface area contributed by atoms with E-state index in [-0.39, 0.29) is 17.5 Å². The molecule has 3 nitrogen and oxygen atoms in total. The van der Waals surface area contributed by atoms with E-state index in [1.54, 1.807) is 12.1 Å². The monoisotopic (exact) mass is 224 g/mol. The van der Waals surface area contributed by atoms with Gasteiger partial charge in [-0.1, -0.05) is 19.9 Å². The molecule has 0 bridgehead atoms. The predicted octanol–water partition coefficient (Wildman–Crippen LogP) is 2.06. The summed E-state index contributed by atoms with van der Waals surface area (Å²) in [5.74, 6) is -0.790. The second kappa shape index (κ2) is 5.07. The van der Waals surface area contributed by atoms with Crippen LogP contribution in [0.25, 0.3) is 0 Å². The standard InChI is InChI=1S/C12H17FN2O/c1-7(2)11(14)12(16)15-10-6-8(3)4-5-9(10)13/h4-7,11H,14H2,1-3H3,(H,15,16)/t11-/m1/s1. The van der Waals surface area contributed by atoms with Crippen molar-refractivity contribution in [3.05, 3.63) is 29.6 Å². The Kier molecular flexibility index (Phi) is 4.01. The fourth-order valence-electron chi connectivity index (χ4n) is 1.25. The molecule has 3 N–H and O–H groups in total. The molecule has 0 aliphatic carbocycles. The van der Waals surface area contributed by atoms with Crippen molar-refractivity contribution in [2.24, 2.45) is 11.7 Å². The highest BCUT2D eigenvalue weighted by Crippen LogP contribution is 2.16. The zero-order valence-corrected chi connectivity index (χ0v) is 9.75. The van der Waals surface area contributed by atoms with Gasteiger partial charge in [0, 0.05) is 0 Å². The highest BCUT2D eigenvalue weighted by molar-refractivity contribution is 5.95. The van der Waals surface area contributed by atoms with E-state index in [9.17, 15) is 9.18 Å². The van der Waals surface area contributed by atoms with Crippen LogP contribution in [0.2, 0.25) is 0 Å². The molecular formula is C12H17FN2O. The van der Waals surface area contributed by atoms with Crippen molar-refractivity contribution < 1.29 is 9.18 Å². The van der Waals surface area contributed by atoms with E-state index < -0.39 is 11.9 Å². The van der Waals surface area contributed by atoms with Crippen LogP contribution in [-0.4, -0.2) is 11.9 Å². The lowest BCUT2D eigenvalue weighted by Gasteiger charge is -2.15. The Hall–Kier alpha value is -1.42. The molecule has 0 radical (unpaired) electrons. The van der Waals surface area contributed by atoms with Crippen molar-refractivity contribution >= 4 is 11.6 Å². The van der Waals surface area contributed by atoms with Gasteiger partial charge in [0.25, 0.3) is 0 Å². The number of rotatable bonds is 3. The zero-order valence-electron chi connectivity index (χ0n) is 9.75. The number of hydrogen-bond acceptors (Lipinski definition) is 2. The molecule has 16 heavy (non-hydrogen) atoms. The van der Waals surface area contributed by atoms with Crippen LogP contribution in [0.5, 0.6) is 0 Å². The van der Waals surface area contributed by atoms with E-state index in [1.165, 1.54) is 6.07 Å². The second-order valence-electron chi connectivity index (χ2n) is 4.24. The molecule has 0 heterocycles. The first-order valence-corrected chi connectivity index (χ1v) is 5.24. The topological polar surface area (TPSA) is 55.1 Å². The van der Waals surface area contributed by atoms with Gasteiger partial charge in [0.2, 0.25) is 5.91 Å². The quantitative estimate of drug-likeness (QED) is 0.825. The molecule has 1 aromatic carbocycles. The highest BCUT2D eigenvalue weighted by atomic mass is 19.1. The normalized spacial score (nSPS) is 12.6. The molecule has 1 atom stereocenters. The van der Waals surface area contributed by atoms with E-state index in [0.29, 0.717) is 0 Å². The number of anilines is 1. The SMILES string of the molecule is Cc1ccc(F)c(NC(=O)[C@H](N)C(C)C)c1. The van der Waals surface area contributed by atoms with Gasteiger partial charge < -0.3 is 11.1 Å². The van der Waals surface area contributed by atoms with Crippen LogP contribution in [0, 0.1) is 18.7 Å². The maximum Gasteiger partial charge on any atom is 0.241 e. The number of aryl methyl sites for hydroxylation is 1. The number of nitrogens with two attached hydrogens (primary N) is 1. The van der Waals surface area contributed by atoms with Gasteiger partial charge in [-0.25, -0.2) is 4.39 Å². The summed E-state index contributed by atoms with van der Waals surface area (Å²) in [6.45, 7) is 5.52. The maximum absolute atomic E-state index is 13.3. The Balaban J connectivity index is 2.80. The Morgan fingerprint density at radius 3 is 2.62 bits per heavy atom. The highest BCUT2D eigenvalue weighted by Gasteiger charge is 2.18. The van der Waals surface area contributed by atoms with Crippen LogP contribution in [0.3, 0.4) is 0 Å². The summed E-state index contributed by atoms with van der Waals surface area (Å²) in [5.41, 5.74) is 6.73. The Labute approximate surface area is 94.8 Å². The van der Waals surface area contributed by atoms with Crippen LogP contribution in [0.4, 0.5) is 10.1 Å². The number of carbonyl (C=O) groups is 1. The van der Waals surface area contributed by atoms with Gasteiger partial charge in [-0.05, 0) is 30.5 Å². The largest absolute Gasteiger partial charge is 0.322 e. The van der Waals surface area contributed by atoms with Crippen molar-refractivity contribution in [3.8, 4) is 0 Å². The molecule has 0 spiro atoms.